The first-order chi connectivity index (χ1) is 8.31. The van der Waals surface area contributed by atoms with Gasteiger partial charge in [0.25, 0.3) is 0 Å². The van der Waals surface area contributed by atoms with Gasteiger partial charge in [-0.1, -0.05) is 26.2 Å². The van der Waals surface area contributed by atoms with Crippen molar-refractivity contribution >= 4 is 0 Å². The minimum atomic E-state index is 0.731. The molecule has 0 bridgehead atoms. The molecule has 2 fully saturated rings. The van der Waals surface area contributed by atoms with Crippen molar-refractivity contribution in [2.24, 2.45) is 5.92 Å². The Balaban J connectivity index is 1.69. The molecule has 2 atom stereocenters. The van der Waals surface area contributed by atoms with Crippen LogP contribution in [0.4, 0.5) is 0 Å². The van der Waals surface area contributed by atoms with Gasteiger partial charge in [-0.05, 0) is 51.6 Å². The molecule has 1 aliphatic heterocycles. The van der Waals surface area contributed by atoms with Crippen LogP contribution in [0.15, 0.2) is 0 Å². The predicted octanol–water partition coefficient (Wildman–Crippen LogP) is 3.03. The smallest absolute Gasteiger partial charge is 0.0221 e. The van der Waals surface area contributed by atoms with Crippen molar-refractivity contribution < 1.29 is 0 Å². The summed E-state index contributed by atoms with van der Waals surface area (Å²) in [7, 11) is 0. The average molecular weight is 238 g/mol. The summed E-state index contributed by atoms with van der Waals surface area (Å²) < 4.78 is 0. The monoisotopic (exact) mass is 238 g/mol. The molecule has 17 heavy (non-hydrogen) atoms. The molecular weight excluding hydrogens is 208 g/mol. The SMILES string of the molecule is CCN1CCCC1CNC(C)C1CCCCC1. The fourth-order valence-corrected chi connectivity index (χ4v) is 3.67. The van der Waals surface area contributed by atoms with E-state index in [1.165, 1.54) is 64.6 Å². The summed E-state index contributed by atoms with van der Waals surface area (Å²) in [5.74, 6) is 0.945. The number of hydrogen-bond acceptors (Lipinski definition) is 2. The largest absolute Gasteiger partial charge is 0.312 e. The van der Waals surface area contributed by atoms with Crippen molar-refractivity contribution in [3.8, 4) is 0 Å². The molecule has 1 saturated carbocycles. The van der Waals surface area contributed by atoms with Gasteiger partial charge in [-0.25, -0.2) is 0 Å². The van der Waals surface area contributed by atoms with Crippen LogP contribution in [-0.2, 0) is 0 Å². The molecule has 0 aromatic heterocycles. The van der Waals surface area contributed by atoms with E-state index in [9.17, 15) is 0 Å². The summed E-state index contributed by atoms with van der Waals surface area (Å²) in [5.41, 5.74) is 0. The fourth-order valence-electron chi connectivity index (χ4n) is 3.67. The van der Waals surface area contributed by atoms with Crippen molar-refractivity contribution in [2.45, 2.75) is 70.9 Å². The van der Waals surface area contributed by atoms with Gasteiger partial charge in [0, 0.05) is 18.6 Å². The van der Waals surface area contributed by atoms with E-state index in [0.29, 0.717) is 0 Å². The minimum absolute atomic E-state index is 0.731. The molecule has 2 heteroatoms. The Morgan fingerprint density at radius 2 is 1.88 bits per heavy atom. The zero-order valence-electron chi connectivity index (χ0n) is 11.8. The molecule has 1 aliphatic carbocycles. The minimum Gasteiger partial charge on any atom is -0.312 e. The normalized spacial score (nSPS) is 29.6. The molecule has 1 saturated heterocycles. The lowest BCUT2D eigenvalue weighted by Crippen LogP contribution is -2.43. The van der Waals surface area contributed by atoms with Crippen LogP contribution in [0.5, 0.6) is 0 Å². The Labute approximate surface area is 107 Å². The summed E-state index contributed by atoms with van der Waals surface area (Å²) in [5, 5.41) is 3.82. The van der Waals surface area contributed by atoms with Crippen LogP contribution in [0.2, 0.25) is 0 Å². The zero-order chi connectivity index (χ0) is 12.1. The highest BCUT2D eigenvalue weighted by atomic mass is 15.2. The molecule has 2 nitrogen and oxygen atoms in total. The van der Waals surface area contributed by atoms with E-state index in [-0.39, 0.29) is 0 Å². The fraction of sp³-hybridized carbons (Fsp3) is 1.00. The lowest BCUT2D eigenvalue weighted by Gasteiger charge is -2.31. The summed E-state index contributed by atoms with van der Waals surface area (Å²) in [6.45, 7) is 8.46. The number of likely N-dealkylation sites (tertiary alicyclic amines) is 1. The van der Waals surface area contributed by atoms with Crippen LogP contribution in [-0.4, -0.2) is 36.6 Å². The molecule has 2 rings (SSSR count). The summed E-state index contributed by atoms with van der Waals surface area (Å²) in [4.78, 5) is 2.64. The van der Waals surface area contributed by atoms with Gasteiger partial charge < -0.3 is 5.32 Å². The topological polar surface area (TPSA) is 15.3 Å². The van der Waals surface area contributed by atoms with Crippen LogP contribution < -0.4 is 5.32 Å². The van der Waals surface area contributed by atoms with Crippen LogP contribution >= 0.6 is 0 Å². The molecule has 1 N–H and O–H groups in total. The molecule has 100 valence electrons. The maximum absolute atomic E-state index is 3.82. The maximum atomic E-state index is 3.82. The van der Waals surface area contributed by atoms with Gasteiger partial charge in [0.05, 0.1) is 0 Å². The first kappa shape index (κ1) is 13.4. The van der Waals surface area contributed by atoms with Gasteiger partial charge >= 0.3 is 0 Å². The molecule has 0 radical (unpaired) electrons. The number of rotatable bonds is 5. The van der Waals surface area contributed by atoms with E-state index in [1.54, 1.807) is 0 Å². The maximum Gasteiger partial charge on any atom is 0.0221 e. The van der Waals surface area contributed by atoms with Crippen molar-refractivity contribution in [2.75, 3.05) is 19.6 Å². The average Bonchev–Trinajstić information content (AvgIpc) is 2.84. The van der Waals surface area contributed by atoms with E-state index in [1.807, 2.05) is 0 Å². The van der Waals surface area contributed by atoms with E-state index in [0.717, 1.165) is 18.0 Å². The highest BCUT2D eigenvalue weighted by molar-refractivity contribution is 4.83. The Bertz CT molecular complexity index is 211. The van der Waals surface area contributed by atoms with Gasteiger partial charge in [-0.2, -0.15) is 0 Å². The molecule has 1 heterocycles. The Hall–Kier alpha value is -0.0800. The second-order valence-corrected chi connectivity index (χ2v) is 6.02. The molecular formula is C15H30N2. The summed E-state index contributed by atoms with van der Waals surface area (Å²) >= 11 is 0. The standard InChI is InChI=1S/C15H30N2/c1-3-17-11-7-10-15(17)12-16-13(2)14-8-5-4-6-9-14/h13-16H,3-12H2,1-2H3. The van der Waals surface area contributed by atoms with Gasteiger partial charge in [-0.15, -0.1) is 0 Å². The Kier molecular flexibility index (Phi) is 5.30. The number of nitrogens with zero attached hydrogens (tertiary/aromatic N) is 1. The predicted molar refractivity (Wildman–Crippen MR) is 74.3 cm³/mol. The lowest BCUT2D eigenvalue weighted by atomic mass is 9.84. The van der Waals surface area contributed by atoms with Gasteiger partial charge in [-0.3, -0.25) is 4.90 Å². The van der Waals surface area contributed by atoms with Crippen LogP contribution in [0.25, 0.3) is 0 Å². The summed E-state index contributed by atoms with van der Waals surface area (Å²) in [6, 6.07) is 1.54. The Morgan fingerprint density at radius 1 is 1.12 bits per heavy atom. The van der Waals surface area contributed by atoms with E-state index < -0.39 is 0 Å². The molecule has 0 aromatic rings. The molecule has 0 aromatic carbocycles. The third kappa shape index (κ3) is 3.69. The first-order valence-corrected chi connectivity index (χ1v) is 7.78. The van der Waals surface area contributed by atoms with Crippen LogP contribution in [0.1, 0.15) is 58.8 Å². The van der Waals surface area contributed by atoms with Gasteiger partial charge in [0.15, 0.2) is 0 Å². The summed E-state index contributed by atoms with van der Waals surface area (Å²) in [6.07, 6.45) is 10.1. The van der Waals surface area contributed by atoms with Crippen molar-refractivity contribution in [3.05, 3.63) is 0 Å². The first-order valence-electron chi connectivity index (χ1n) is 7.78. The van der Waals surface area contributed by atoms with Crippen molar-refractivity contribution in [1.29, 1.82) is 0 Å². The van der Waals surface area contributed by atoms with Gasteiger partial charge in [0.1, 0.15) is 0 Å². The lowest BCUT2D eigenvalue weighted by molar-refractivity contribution is 0.229. The number of likely N-dealkylation sites (N-methyl/N-ethyl adjacent to an activating group) is 1. The molecule has 2 aliphatic rings. The van der Waals surface area contributed by atoms with E-state index in [4.69, 9.17) is 0 Å². The van der Waals surface area contributed by atoms with Gasteiger partial charge in [0.2, 0.25) is 0 Å². The third-order valence-corrected chi connectivity index (χ3v) is 4.94. The number of hydrogen-bond donors (Lipinski definition) is 1. The van der Waals surface area contributed by atoms with E-state index in [2.05, 4.69) is 24.1 Å². The van der Waals surface area contributed by atoms with Crippen molar-refractivity contribution in [3.63, 3.8) is 0 Å². The molecule has 0 spiro atoms. The molecule has 2 unspecified atom stereocenters. The molecule has 0 amide bonds. The number of nitrogens with one attached hydrogen (secondary N) is 1. The highest BCUT2D eigenvalue weighted by Gasteiger charge is 2.25. The third-order valence-electron chi connectivity index (χ3n) is 4.94. The van der Waals surface area contributed by atoms with Crippen molar-refractivity contribution in [1.82, 2.24) is 10.2 Å². The highest BCUT2D eigenvalue weighted by Crippen LogP contribution is 2.26. The van der Waals surface area contributed by atoms with E-state index >= 15 is 0 Å². The second-order valence-electron chi connectivity index (χ2n) is 6.02. The Morgan fingerprint density at radius 3 is 2.59 bits per heavy atom. The zero-order valence-corrected chi connectivity index (χ0v) is 11.8. The van der Waals surface area contributed by atoms with Crippen LogP contribution in [0, 0.1) is 5.92 Å². The van der Waals surface area contributed by atoms with Crippen LogP contribution in [0.3, 0.4) is 0 Å². The quantitative estimate of drug-likeness (QED) is 0.792. The second kappa shape index (κ2) is 6.75.